The van der Waals surface area contributed by atoms with Crippen molar-refractivity contribution in [3.8, 4) is 11.5 Å². The first kappa shape index (κ1) is 22.4. The van der Waals surface area contributed by atoms with E-state index in [2.05, 4.69) is 25.6 Å². The van der Waals surface area contributed by atoms with Crippen LogP contribution in [0.2, 0.25) is 0 Å². The highest BCUT2D eigenvalue weighted by Crippen LogP contribution is 2.45. The molecule has 0 spiro atoms. The third-order valence-electron chi connectivity index (χ3n) is 7.43. The lowest BCUT2D eigenvalue weighted by molar-refractivity contribution is -0.119. The van der Waals surface area contributed by atoms with E-state index in [-0.39, 0.29) is 17.5 Å². The predicted molar refractivity (Wildman–Crippen MR) is 135 cm³/mol. The fraction of sp³-hybridized carbons (Fsp3) is 0.346. The number of nitrogens with one attached hydrogen (secondary N) is 2. The van der Waals surface area contributed by atoms with Crippen LogP contribution in [0, 0.1) is 11.7 Å². The number of halogens is 1. The molecule has 6 rings (SSSR count). The number of amides is 1. The summed E-state index contributed by atoms with van der Waals surface area (Å²) in [5.74, 6) is 1.40. The minimum atomic E-state index is -1.14. The van der Waals surface area contributed by atoms with Gasteiger partial charge in [0.2, 0.25) is 5.91 Å². The summed E-state index contributed by atoms with van der Waals surface area (Å²) in [7, 11) is 0. The Balaban J connectivity index is 1.38. The first-order chi connectivity index (χ1) is 17.4. The molecule has 1 aromatic carbocycles. The maximum Gasteiger partial charge on any atom is 0.240 e. The van der Waals surface area contributed by atoms with E-state index in [9.17, 15) is 9.18 Å². The van der Waals surface area contributed by atoms with Gasteiger partial charge in [0.25, 0.3) is 0 Å². The highest BCUT2D eigenvalue weighted by Gasteiger charge is 2.47. The average Bonchev–Trinajstić information content (AvgIpc) is 3.46. The van der Waals surface area contributed by atoms with E-state index in [0.29, 0.717) is 40.2 Å². The monoisotopic (exact) mass is 486 g/mol. The lowest BCUT2D eigenvalue weighted by Gasteiger charge is -2.23. The number of fused-ring (bicyclic) bond motifs is 2. The van der Waals surface area contributed by atoms with Gasteiger partial charge in [0.05, 0.1) is 5.56 Å². The van der Waals surface area contributed by atoms with Crippen molar-refractivity contribution in [3.63, 3.8) is 0 Å². The van der Waals surface area contributed by atoms with Crippen molar-refractivity contribution in [2.24, 2.45) is 5.92 Å². The Hall–Kier alpha value is -4.08. The van der Waals surface area contributed by atoms with Crippen LogP contribution in [0.5, 0.6) is 0 Å². The summed E-state index contributed by atoms with van der Waals surface area (Å²) in [6.07, 6.45) is 11.6. The molecule has 3 aromatic heterocycles. The molecule has 1 saturated carbocycles. The van der Waals surface area contributed by atoms with E-state index in [4.69, 9.17) is 10.7 Å². The Bertz CT molecular complexity index is 1460. The van der Waals surface area contributed by atoms with Crippen LogP contribution >= 0.6 is 0 Å². The van der Waals surface area contributed by atoms with E-state index < -0.39 is 5.41 Å². The van der Waals surface area contributed by atoms with E-state index in [1.54, 1.807) is 31.5 Å². The molecular weight excluding hydrogens is 459 g/mol. The largest absolute Gasteiger partial charge is 0.383 e. The summed E-state index contributed by atoms with van der Waals surface area (Å²) in [5.41, 5.74) is 7.59. The summed E-state index contributed by atoms with van der Waals surface area (Å²) < 4.78 is 15.4. The fourth-order valence-corrected chi connectivity index (χ4v) is 5.37. The molecule has 1 fully saturated rings. The van der Waals surface area contributed by atoms with Crippen molar-refractivity contribution in [1.82, 2.24) is 24.3 Å². The normalized spacial score (nSPS) is 19.9. The highest BCUT2D eigenvalue weighted by molar-refractivity contribution is 6.09. The SMILES string of the molecule is CC1(c2ccc(F)cc2)C(=O)Nc2nc(-c3cn4ccnc4c(NCC4CCCCC4)n3)nc(N)c21. The molecule has 4 aromatic rings. The van der Waals surface area contributed by atoms with Crippen LogP contribution < -0.4 is 16.4 Å². The molecule has 1 atom stereocenters. The molecule has 4 heterocycles. The number of rotatable bonds is 5. The Morgan fingerprint density at radius 2 is 1.94 bits per heavy atom. The molecule has 9 nitrogen and oxygen atoms in total. The molecule has 1 aliphatic carbocycles. The summed E-state index contributed by atoms with van der Waals surface area (Å²) in [4.78, 5) is 31.5. The minimum Gasteiger partial charge on any atom is -0.383 e. The van der Waals surface area contributed by atoms with Gasteiger partial charge in [0, 0.05) is 25.1 Å². The first-order valence-electron chi connectivity index (χ1n) is 12.3. The third-order valence-corrected chi connectivity index (χ3v) is 7.43. The first-order valence-corrected chi connectivity index (χ1v) is 12.3. The smallest absolute Gasteiger partial charge is 0.240 e. The number of nitrogens with zero attached hydrogens (tertiary/aromatic N) is 5. The van der Waals surface area contributed by atoms with Gasteiger partial charge in [-0.05, 0) is 43.4 Å². The zero-order chi connectivity index (χ0) is 24.9. The van der Waals surface area contributed by atoms with Crippen LogP contribution in [0.1, 0.15) is 50.2 Å². The van der Waals surface area contributed by atoms with Crippen LogP contribution in [-0.2, 0) is 10.2 Å². The topological polar surface area (TPSA) is 123 Å². The Morgan fingerprint density at radius 1 is 1.17 bits per heavy atom. The van der Waals surface area contributed by atoms with Crippen molar-refractivity contribution in [3.05, 3.63) is 59.8 Å². The number of nitrogen functional groups attached to an aromatic ring is 1. The van der Waals surface area contributed by atoms with Crippen LogP contribution in [-0.4, -0.2) is 36.8 Å². The maximum absolute atomic E-state index is 13.5. The Labute approximate surface area is 207 Å². The quantitative estimate of drug-likeness (QED) is 0.387. The molecular formula is C26H27FN8O. The summed E-state index contributed by atoms with van der Waals surface area (Å²) in [6, 6.07) is 5.80. The van der Waals surface area contributed by atoms with Gasteiger partial charge in [0.1, 0.15) is 28.6 Å². The Kier molecular flexibility index (Phi) is 5.31. The van der Waals surface area contributed by atoms with Crippen LogP contribution in [0.4, 0.5) is 21.8 Å². The van der Waals surface area contributed by atoms with Gasteiger partial charge >= 0.3 is 0 Å². The number of hydrogen-bond donors (Lipinski definition) is 3. The number of carbonyl (C=O) groups is 1. The molecule has 10 heteroatoms. The van der Waals surface area contributed by atoms with Gasteiger partial charge < -0.3 is 20.8 Å². The minimum absolute atomic E-state index is 0.171. The zero-order valence-corrected chi connectivity index (χ0v) is 20.0. The predicted octanol–water partition coefficient (Wildman–Crippen LogP) is 4.16. The molecule has 0 radical (unpaired) electrons. The second-order valence-electron chi connectivity index (χ2n) is 9.76. The highest BCUT2D eigenvalue weighted by atomic mass is 19.1. The average molecular weight is 487 g/mol. The van der Waals surface area contributed by atoms with E-state index in [0.717, 1.165) is 12.2 Å². The number of aromatic nitrogens is 5. The molecule has 184 valence electrons. The zero-order valence-electron chi connectivity index (χ0n) is 20.0. The van der Waals surface area contributed by atoms with Gasteiger partial charge in [-0.2, -0.15) is 0 Å². The lowest BCUT2D eigenvalue weighted by Crippen LogP contribution is -2.33. The second-order valence-corrected chi connectivity index (χ2v) is 9.76. The number of nitrogens with two attached hydrogens (primary N) is 1. The second kappa shape index (κ2) is 8.54. The molecule has 4 N–H and O–H groups in total. The number of carbonyl (C=O) groups excluding carboxylic acids is 1. The van der Waals surface area contributed by atoms with Gasteiger partial charge in [-0.15, -0.1) is 0 Å². The number of anilines is 3. The van der Waals surface area contributed by atoms with E-state index in [1.807, 2.05) is 10.6 Å². The van der Waals surface area contributed by atoms with E-state index in [1.165, 1.54) is 44.2 Å². The molecule has 1 unspecified atom stereocenters. The van der Waals surface area contributed by atoms with Crippen LogP contribution in [0.25, 0.3) is 17.2 Å². The van der Waals surface area contributed by atoms with E-state index >= 15 is 0 Å². The van der Waals surface area contributed by atoms with Crippen LogP contribution in [0.3, 0.4) is 0 Å². The fourth-order valence-electron chi connectivity index (χ4n) is 5.37. The number of benzene rings is 1. The van der Waals surface area contributed by atoms with Crippen molar-refractivity contribution in [1.29, 1.82) is 0 Å². The molecule has 0 bridgehead atoms. The maximum atomic E-state index is 13.5. The van der Waals surface area contributed by atoms with Gasteiger partial charge in [-0.25, -0.2) is 24.3 Å². The molecule has 1 amide bonds. The molecule has 2 aliphatic rings. The molecule has 0 saturated heterocycles. The van der Waals surface area contributed by atoms with Gasteiger partial charge in [-0.1, -0.05) is 31.4 Å². The summed E-state index contributed by atoms with van der Waals surface area (Å²) in [5, 5.41) is 6.33. The molecule has 36 heavy (non-hydrogen) atoms. The Morgan fingerprint density at radius 3 is 2.72 bits per heavy atom. The number of hydrogen-bond acceptors (Lipinski definition) is 7. The summed E-state index contributed by atoms with van der Waals surface area (Å²) in [6.45, 7) is 2.57. The van der Waals surface area contributed by atoms with Gasteiger partial charge in [-0.3, -0.25) is 4.79 Å². The van der Waals surface area contributed by atoms with Gasteiger partial charge in [0.15, 0.2) is 17.3 Å². The summed E-state index contributed by atoms with van der Waals surface area (Å²) >= 11 is 0. The van der Waals surface area contributed by atoms with Crippen molar-refractivity contribution < 1.29 is 9.18 Å². The molecule has 1 aliphatic heterocycles. The lowest BCUT2D eigenvalue weighted by atomic mass is 9.78. The number of imidazole rings is 1. The standard InChI is InChI=1S/C26H27FN8O/c1-26(16-7-9-17(27)10-8-16)19-20(28)32-21(33-22(19)34-25(26)36)18-14-35-12-11-29-24(35)23(31-18)30-13-15-5-3-2-4-6-15/h7-12,14-15H,2-6,13H2,1H3,(H,30,31)(H3,28,32,33,34,36). The van der Waals surface area contributed by atoms with Crippen molar-refractivity contribution in [2.75, 3.05) is 22.9 Å². The van der Waals surface area contributed by atoms with Crippen LogP contribution in [0.15, 0.2) is 42.9 Å². The van der Waals surface area contributed by atoms with Crippen molar-refractivity contribution in [2.45, 2.75) is 44.4 Å². The van der Waals surface area contributed by atoms with Crippen molar-refractivity contribution >= 4 is 29.0 Å². The third kappa shape index (κ3) is 3.64.